The maximum absolute atomic E-state index is 12.4. The van der Waals surface area contributed by atoms with Gasteiger partial charge in [0.1, 0.15) is 0 Å². The Balaban J connectivity index is 1.86. The van der Waals surface area contributed by atoms with Gasteiger partial charge in [-0.3, -0.25) is 4.79 Å². The molecule has 1 fully saturated rings. The fourth-order valence-electron chi connectivity index (χ4n) is 2.50. The molecule has 0 radical (unpaired) electrons. The number of nitrogens with one attached hydrogen (secondary N) is 1. The predicted octanol–water partition coefficient (Wildman–Crippen LogP) is 4.81. The highest BCUT2D eigenvalue weighted by molar-refractivity contribution is 14.1. The van der Waals surface area contributed by atoms with Crippen LogP contribution in [0.5, 0.6) is 11.5 Å². The number of aliphatic imine (C=N–C) groups is 1. The minimum atomic E-state index is -1.09. The van der Waals surface area contributed by atoms with Gasteiger partial charge < -0.3 is 19.9 Å². The van der Waals surface area contributed by atoms with Crippen LogP contribution in [0, 0.1) is 3.57 Å². The number of hydrogen-bond acceptors (Lipinski definition) is 6. The van der Waals surface area contributed by atoms with E-state index < -0.39 is 12.6 Å². The van der Waals surface area contributed by atoms with Crippen molar-refractivity contribution in [2.75, 3.05) is 13.2 Å². The van der Waals surface area contributed by atoms with Crippen LogP contribution in [0.1, 0.15) is 12.5 Å². The van der Waals surface area contributed by atoms with Gasteiger partial charge in [-0.05, 0) is 99.2 Å². The number of ether oxygens (including phenoxy) is 2. The van der Waals surface area contributed by atoms with Crippen molar-refractivity contribution >= 4 is 79.1 Å². The number of amidine groups is 1. The summed E-state index contributed by atoms with van der Waals surface area (Å²) in [6.45, 7) is 1.70. The molecule has 1 heterocycles. The molecule has 2 aromatic carbocycles. The van der Waals surface area contributed by atoms with Gasteiger partial charge in [0.25, 0.3) is 5.91 Å². The maximum Gasteiger partial charge on any atom is 0.341 e. The van der Waals surface area contributed by atoms with Crippen LogP contribution in [-0.2, 0) is 9.59 Å². The van der Waals surface area contributed by atoms with Gasteiger partial charge in [0.2, 0.25) is 0 Å². The van der Waals surface area contributed by atoms with Gasteiger partial charge in [0.05, 0.1) is 21.7 Å². The van der Waals surface area contributed by atoms with Crippen molar-refractivity contribution in [3.8, 4) is 11.5 Å². The largest absolute Gasteiger partial charge is 0.490 e. The third-order valence-corrected chi connectivity index (χ3v) is 5.83. The van der Waals surface area contributed by atoms with Crippen LogP contribution in [0.2, 0.25) is 0 Å². The Morgan fingerprint density at radius 1 is 1.33 bits per heavy atom. The van der Waals surface area contributed by atoms with Gasteiger partial charge >= 0.3 is 5.97 Å². The summed E-state index contributed by atoms with van der Waals surface area (Å²) in [5, 5.41) is 12.1. The summed E-state index contributed by atoms with van der Waals surface area (Å²) in [5.74, 6) is -0.652. The number of aliphatic carboxylic acids is 1. The van der Waals surface area contributed by atoms with Gasteiger partial charge in [0, 0.05) is 3.57 Å². The fourth-order valence-corrected chi connectivity index (χ4v) is 4.45. The Morgan fingerprint density at radius 2 is 2.13 bits per heavy atom. The van der Waals surface area contributed by atoms with Gasteiger partial charge in [-0.25, -0.2) is 9.79 Å². The molecule has 30 heavy (non-hydrogen) atoms. The average Bonchev–Trinajstić information content (AvgIpc) is 3.00. The van der Waals surface area contributed by atoms with Crippen LogP contribution in [0.3, 0.4) is 0 Å². The number of carboxylic acids is 1. The zero-order valence-corrected chi connectivity index (χ0v) is 20.2. The molecule has 1 amide bonds. The van der Waals surface area contributed by atoms with Crippen LogP contribution in [0.25, 0.3) is 6.08 Å². The second-order valence-corrected chi connectivity index (χ2v) is 9.04. The highest BCUT2D eigenvalue weighted by atomic mass is 127. The van der Waals surface area contributed by atoms with Crippen molar-refractivity contribution < 1.29 is 24.2 Å². The highest BCUT2D eigenvalue weighted by Crippen LogP contribution is 2.38. The number of nitrogens with zero attached hydrogens (tertiary/aromatic N) is 1. The molecule has 0 unspecified atom stereocenters. The first-order chi connectivity index (χ1) is 14.4. The van der Waals surface area contributed by atoms with E-state index >= 15 is 0 Å². The number of rotatable bonds is 7. The van der Waals surface area contributed by atoms with Crippen LogP contribution >= 0.6 is 50.3 Å². The van der Waals surface area contributed by atoms with Crippen LogP contribution < -0.4 is 14.8 Å². The van der Waals surface area contributed by atoms with Crippen molar-refractivity contribution in [1.82, 2.24) is 5.32 Å². The Kier molecular flexibility index (Phi) is 7.78. The lowest BCUT2D eigenvalue weighted by atomic mass is 10.2. The minimum Gasteiger partial charge on any atom is -0.490 e. The summed E-state index contributed by atoms with van der Waals surface area (Å²) in [4.78, 5) is 28.1. The summed E-state index contributed by atoms with van der Waals surface area (Å²) in [6.07, 6.45) is 1.71. The maximum atomic E-state index is 12.4. The van der Waals surface area contributed by atoms with E-state index in [1.54, 1.807) is 18.2 Å². The lowest BCUT2D eigenvalue weighted by Crippen LogP contribution is -2.19. The highest BCUT2D eigenvalue weighted by Gasteiger charge is 2.24. The van der Waals surface area contributed by atoms with Crippen molar-refractivity contribution in [2.45, 2.75) is 6.92 Å². The molecule has 0 bridgehead atoms. The lowest BCUT2D eigenvalue weighted by molar-refractivity contribution is -0.139. The van der Waals surface area contributed by atoms with Crippen molar-refractivity contribution in [3.63, 3.8) is 0 Å². The molecule has 1 aliphatic heterocycles. The number of thioether (sulfide) groups is 1. The van der Waals surface area contributed by atoms with Crippen molar-refractivity contribution in [2.24, 2.45) is 4.99 Å². The van der Waals surface area contributed by atoms with Crippen molar-refractivity contribution in [1.29, 1.82) is 0 Å². The zero-order valence-electron chi connectivity index (χ0n) is 15.6. The molecule has 7 nitrogen and oxygen atoms in total. The number of carbonyl (C=O) groups is 2. The average molecular weight is 603 g/mol. The Morgan fingerprint density at radius 3 is 2.83 bits per heavy atom. The number of halogens is 2. The number of amides is 1. The minimum absolute atomic E-state index is 0.246. The fraction of sp³-hybridized carbons (Fsp3) is 0.150. The summed E-state index contributed by atoms with van der Waals surface area (Å²) in [6, 6.07) is 11.1. The Bertz CT molecular complexity index is 1060. The predicted molar refractivity (Wildman–Crippen MR) is 128 cm³/mol. The lowest BCUT2D eigenvalue weighted by Gasteiger charge is -2.13. The first-order valence-electron chi connectivity index (χ1n) is 8.71. The molecule has 2 aromatic rings. The molecule has 1 saturated heterocycles. The van der Waals surface area contributed by atoms with E-state index in [1.807, 2.05) is 31.2 Å². The molecule has 3 rings (SSSR count). The summed E-state index contributed by atoms with van der Waals surface area (Å²) < 4.78 is 12.5. The first kappa shape index (κ1) is 22.6. The van der Waals surface area contributed by atoms with Gasteiger partial charge in [-0.2, -0.15) is 0 Å². The molecule has 0 saturated carbocycles. The molecule has 0 spiro atoms. The van der Waals surface area contributed by atoms with Gasteiger partial charge in [-0.1, -0.05) is 6.07 Å². The van der Waals surface area contributed by atoms with Crippen molar-refractivity contribution in [3.05, 3.63) is 54.9 Å². The second-order valence-electron chi connectivity index (χ2n) is 5.91. The number of benzene rings is 2. The third kappa shape index (κ3) is 5.99. The quantitative estimate of drug-likeness (QED) is 0.349. The van der Waals surface area contributed by atoms with Gasteiger partial charge in [0.15, 0.2) is 23.3 Å². The topological polar surface area (TPSA) is 97.2 Å². The molecule has 0 aromatic heterocycles. The molecule has 156 valence electrons. The molecular weight excluding hydrogens is 587 g/mol. The molecule has 0 atom stereocenters. The van der Waals surface area contributed by atoms with E-state index in [0.29, 0.717) is 38.2 Å². The zero-order chi connectivity index (χ0) is 21.7. The Labute approximate surface area is 199 Å². The van der Waals surface area contributed by atoms with E-state index in [0.717, 1.165) is 9.26 Å². The monoisotopic (exact) mass is 602 g/mol. The third-order valence-electron chi connectivity index (χ3n) is 3.66. The molecule has 10 heteroatoms. The SMILES string of the molecule is CCOc1cc(/C=C2/SC(=Nc3cccc(I)c3)NC2=O)cc(Br)c1OCC(=O)O. The van der Waals surface area contributed by atoms with Crippen LogP contribution in [-0.4, -0.2) is 35.4 Å². The molecular formula is C20H16BrIN2O5S. The van der Waals surface area contributed by atoms with Crippen LogP contribution in [0.4, 0.5) is 5.69 Å². The summed E-state index contributed by atoms with van der Waals surface area (Å²) in [7, 11) is 0. The molecule has 0 aliphatic carbocycles. The van der Waals surface area contributed by atoms with Gasteiger partial charge in [-0.15, -0.1) is 0 Å². The summed E-state index contributed by atoms with van der Waals surface area (Å²) in [5.41, 5.74) is 1.45. The number of carbonyl (C=O) groups excluding carboxylic acids is 1. The second kappa shape index (κ2) is 10.3. The summed E-state index contributed by atoms with van der Waals surface area (Å²) >= 11 is 6.83. The number of carboxylic acid groups (broad SMARTS) is 1. The smallest absolute Gasteiger partial charge is 0.341 e. The standard InChI is InChI=1S/C20H16BrIN2O5S/c1-2-28-15-7-11(6-14(21)18(15)29-10-17(25)26)8-16-19(27)24-20(30-16)23-13-5-3-4-12(22)9-13/h3-9H,2,10H2,1H3,(H,25,26)(H,23,24,27)/b16-8+. The van der Waals surface area contributed by atoms with Crippen LogP contribution in [0.15, 0.2) is 50.8 Å². The van der Waals surface area contributed by atoms with E-state index in [2.05, 4.69) is 48.8 Å². The molecule has 1 aliphatic rings. The Hall–Kier alpha value is -2.05. The van der Waals surface area contributed by atoms with E-state index in [-0.39, 0.29) is 5.91 Å². The van der Waals surface area contributed by atoms with E-state index in [9.17, 15) is 9.59 Å². The normalized spacial score (nSPS) is 16.0. The molecule has 2 N–H and O–H groups in total. The van der Waals surface area contributed by atoms with E-state index in [4.69, 9.17) is 14.6 Å². The van der Waals surface area contributed by atoms with E-state index in [1.165, 1.54) is 11.8 Å². The number of hydrogen-bond donors (Lipinski definition) is 2. The first-order valence-corrected chi connectivity index (χ1v) is 11.4.